The molecule has 3 nitrogen and oxygen atoms in total. The molecule has 1 aliphatic heterocycles. The Labute approximate surface area is 105 Å². The Bertz CT molecular complexity index is 475. The zero-order valence-corrected chi connectivity index (χ0v) is 11.5. The van der Waals surface area contributed by atoms with E-state index in [4.69, 9.17) is 0 Å². The lowest BCUT2D eigenvalue weighted by Crippen LogP contribution is -2.44. The molecule has 1 aliphatic rings. The number of amides is 1. The van der Waals surface area contributed by atoms with Gasteiger partial charge < -0.3 is 4.90 Å². The Kier molecular flexibility index (Phi) is 3.17. The van der Waals surface area contributed by atoms with E-state index in [-0.39, 0.29) is 5.91 Å². The highest BCUT2D eigenvalue weighted by atomic mass is 79.9. The third-order valence-corrected chi connectivity index (χ3v) is 4.78. The molecule has 16 heavy (non-hydrogen) atoms. The van der Waals surface area contributed by atoms with Crippen molar-refractivity contribution in [3.05, 3.63) is 22.7 Å². The summed E-state index contributed by atoms with van der Waals surface area (Å²) in [6.07, 6.45) is 0. The summed E-state index contributed by atoms with van der Waals surface area (Å²) in [5.74, 6) is -0.0596. The normalized spacial score (nSPS) is 24.4. The molecular formula is C11H12BrNO2S. The molecule has 2 atom stereocenters. The maximum atomic E-state index is 12.1. The predicted octanol–water partition coefficient (Wildman–Crippen LogP) is 2.31. The number of hydrogen-bond donors (Lipinski definition) is 0. The van der Waals surface area contributed by atoms with Gasteiger partial charge in [-0.25, -0.2) is 0 Å². The van der Waals surface area contributed by atoms with Crippen molar-refractivity contribution in [1.29, 1.82) is 0 Å². The van der Waals surface area contributed by atoms with Crippen LogP contribution < -0.4 is 4.90 Å². The Morgan fingerprint density at radius 2 is 2.19 bits per heavy atom. The first kappa shape index (κ1) is 11.8. The van der Waals surface area contributed by atoms with Crippen LogP contribution in [0.4, 0.5) is 5.69 Å². The molecule has 2 rings (SSSR count). The van der Waals surface area contributed by atoms with Gasteiger partial charge in [0.2, 0.25) is 5.91 Å². The smallest absolute Gasteiger partial charge is 0.242 e. The van der Waals surface area contributed by atoms with E-state index in [9.17, 15) is 9.00 Å². The minimum absolute atomic E-state index is 0.0596. The van der Waals surface area contributed by atoms with E-state index in [1.807, 2.05) is 25.1 Å². The van der Waals surface area contributed by atoms with Crippen molar-refractivity contribution >= 4 is 38.3 Å². The highest BCUT2D eigenvalue weighted by Gasteiger charge is 2.34. The third-order valence-electron chi connectivity index (χ3n) is 2.68. The van der Waals surface area contributed by atoms with Crippen molar-refractivity contribution in [1.82, 2.24) is 0 Å². The summed E-state index contributed by atoms with van der Waals surface area (Å²) >= 11 is 3.36. The Morgan fingerprint density at radius 3 is 2.81 bits per heavy atom. The van der Waals surface area contributed by atoms with Crippen molar-refractivity contribution in [2.45, 2.75) is 24.0 Å². The van der Waals surface area contributed by atoms with E-state index in [1.54, 1.807) is 11.8 Å². The van der Waals surface area contributed by atoms with Crippen molar-refractivity contribution in [3.63, 3.8) is 0 Å². The van der Waals surface area contributed by atoms with Crippen LogP contribution in [0.25, 0.3) is 0 Å². The number of rotatable bonds is 1. The number of benzene rings is 1. The van der Waals surface area contributed by atoms with Gasteiger partial charge in [-0.3, -0.25) is 9.00 Å². The highest BCUT2D eigenvalue weighted by molar-refractivity contribution is 9.10. The van der Waals surface area contributed by atoms with Gasteiger partial charge in [0.1, 0.15) is 5.25 Å². The van der Waals surface area contributed by atoms with Crippen LogP contribution in [0.15, 0.2) is 27.6 Å². The molecule has 1 amide bonds. The number of carbonyl (C=O) groups excluding carboxylic acids is 1. The molecule has 1 aromatic carbocycles. The monoisotopic (exact) mass is 301 g/mol. The van der Waals surface area contributed by atoms with Crippen LogP contribution in [0, 0.1) is 0 Å². The fourth-order valence-electron chi connectivity index (χ4n) is 1.82. The molecule has 0 N–H and O–H groups in total. The summed E-state index contributed by atoms with van der Waals surface area (Å²) in [4.78, 5) is 14.4. The summed E-state index contributed by atoms with van der Waals surface area (Å²) < 4.78 is 13.0. The van der Waals surface area contributed by atoms with Crippen LogP contribution in [-0.4, -0.2) is 21.9 Å². The molecule has 0 aliphatic carbocycles. The van der Waals surface area contributed by atoms with Gasteiger partial charge in [-0.2, -0.15) is 0 Å². The number of halogens is 1. The Balaban J connectivity index is 2.62. The first-order valence-electron chi connectivity index (χ1n) is 5.07. The molecule has 0 saturated heterocycles. The van der Waals surface area contributed by atoms with Crippen molar-refractivity contribution in [2.24, 2.45) is 0 Å². The highest BCUT2D eigenvalue weighted by Crippen LogP contribution is 2.33. The number of hydrogen-bond acceptors (Lipinski definition) is 2. The van der Waals surface area contributed by atoms with E-state index < -0.39 is 16.0 Å². The zero-order valence-electron chi connectivity index (χ0n) is 9.07. The van der Waals surface area contributed by atoms with Crippen LogP contribution in [-0.2, 0) is 15.6 Å². The van der Waals surface area contributed by atoms with Gasteiger partial charge in [0.15, 0.2) is 0 Å². The van der Waals surface area contributed by atoms with E-state index in [2.05, 4.69) is 15.9 Å². The lowest BCUT2D eigenvalue weighted by molar-refractivity contribution is -0.118. The molecule has 0 radical (unpaired) electrons. The Morgan fingerprint density at radius 1 is 1.50 bits per heavy atom. The summed E-state index contributed by atoms with van der Waals surface area (Å²) in [6.45, 7) is 4.24. The van der Waals surface area contributed by atoms with Gasteiger partial charge in [0, 0.05) is 11.0 Å². The van der Waals surface area contributed by atoms with E-state index in [0.717, 1.165) is 15.1 Å². The van der Waals surface area contributed by atoms with Crippen LogP contribution in [0.3, 0.4) is 0 Å². The molecule has 1 aromatic rings. The molecule has 1 heterocycles. The van der Waals surface area contributed by atoms with E-state index in [0.29, 0.717) is 6.54 Å². The topological polar surface area (TPSA) is 37.4 Å². The van der Waals surface area contributed by atoms with Crippen LogP contribution in [0.2, 0.25) is 0 Å². The second-order valence-electron chi connectivity index (χ2n) is 3.63. The largest absolute Gasteiger partial charge is 0.310 e. The maximum absolute atomic E-state index is 12.1. The number of anilines is 1. The minimum atomic E-state index is -1.24. The lowest BCUT2D eigenvalue weighted by atomic mass is 10.2. The van der Waals surface area contributed by atoms with Crippen LogP contribution in [0.5, 0.6) is 0 Å². The van der Waals surface area contributed by atoms with Crippen molar-refractivity contribution in [3.8, 4) is 0 Å². The van der Waals surface area contributed by atoms with Crippen molar-refractivity contribution in [2.75, 3.05) is 11.4 Å². The second kappa shape index (κ2) is 4.30. The predicted molar refractivity (Wildman–Crippen MR) is 68.0 cm³/mol. The minimum Gasteiger partial charge on any atom is -0.310 e. The summed E-state index contributed by atoms with van der Waals surface area (Å²) in [7, 11) is -1.24. The molecular weight excluding hydrogens is 290 g/mol. The second-order valence-corrected chi connectivity index (χ2v) is 6.29. The number of fused-ring (bicyclic) bond motifs is 1. The van der Waals surface area contributed by atoms with Crippen LogP contribution >= 0.6 is 15.9 Å². The van der Waals surface area contributed by atoms with Gasteiger partial charge in [-0.1, -0.05) is 15.9 Å². The molecule has 0 bridgehead atoms. The molecule has 0 saturated carbocycles. The van der Waals surface area contributed by atoms with E-state index in [1.165, 1.54) is 0 Å². The first-order chi connectivity index (χ1) is 7.56. The van der Waals surface area contributed by atoms with Gasteiger partial charge in [-0.15, -0.1) is 0 Å². The van der Waals surface area contributed by atoms with E-state index >= 15 is 0 Å². The summed E-state index contributed by atoms with van der Waals surface area (Å²) in [5.41, 5.74) is 0.770. The Hall–Kier alpha value is -0.680. The molecule has 0 spiro atoms. The van der Waals surface area contributed by atoms with Crippen molar-refractivity contribution < 1.29 is 9.00 Å². The summed E-state index contributed by atoms with van der Waals surface area (Å²) in [6, 6.07) is 5.53. The van der Waals surface area contributed by atoms with Gasteiger partial charge in [-0.05, 0) is 32.0 Å². The summed E-state index contributed by atoms with van der Waals surface area (Å²) in [5, 5.41) is -0.457. The molecule has 0 fully saturated rings. The average molecular weight is 302 g/mol. The standard InChI is InChI=1S/C11H12BrNO2S/c1-3-13-9-5-4-8(12)6-10(9)16(15)7(2)11(13)14/h4-7H,3H2,1-2H3. The maximum Gasteiger partial charge on any atom is 0.242 e. The molecule has 0 aromatic heterocycles. The fourth-order valence-corrected chi connectivity index (χ4v) is 3.65. The lowest BCUT2D eigenvalue weighted by Gasteiger charge is -2.31. The fraction of sp³-hybridized carbons (Fsp3) is 0.364. The average Bonchev–Trinajstić information content (AvgIpc) is 2.28. The van der Waals surface area contributed by atoms with Crippen LogP contribution in [0.1, 0.15) is 13.8 Å². The third kappa shape index (κ3) is 1.72. The van der Waals surface area contributed by atoms with Gasteiger partial charge in [0.25, 0.3) is 0 Å². The number of nitrogens with zero attached hydrogens (tertiary/aromatic N) is 1. The number of carbonyl (C=O) groups is 1. The quantitative estimate of drug-likeness (QED) is 0.798. The SMILES string of the molecule is CCN1C(=O)C(C)S(=O)c2cc(Br)ccc21. The first-order valence-corrected chi connectivity index (χ1v) is 7.08. The zero-order chi connectivity index (χ0) is 11.9. The molecule has 2 unspecified atom stereocenters. The molecule has 5 heteroatoms. The molecule has 86 valence electrons. The van der Waals surface area contributed by atoms with Gasteiger partial charge in [0.05, 0.1) is 21.4 Å². The van der Waals surface area contributed by atoms with Gasteiger partial charge >= 0.3 is 0 Å².